The third kappa shape index (κ3) is 6.19. The second kappa shape index (κ2) is 10.8. The van der Waals surface area contributed by atoms with Gasteiger partial charge in [-0.25, -0.2) is 0 Å². The van der Waals surface area contributed by atoms with Crippen LogP contribution in [0.1, 0.15) is 26.3 Å². The molecular formula is C23H25ClN2O3Se. The van der Waals surface area contributed by atoms with Gasteiger partial charge in [-0.15, -0.1) is 0 Å². The molecule has 0 unspecified atom stereocenters. The number of benzene rings is 2. The summed E-state index contributed by atoms with van der Waals surface area (Å²) in [5.41, 5.74) is 3.30. The molecule has 1 N–H and O–H groups in total. The molecule has 0 saturated carbocycles. The maximum atomic E-state index is 11.4. The van der Waals surface area contributed by atoms with Crippen LogP contribution >= 0.6 is 11.6 Å². The second-order valence-electron chi connectivity index (χ2n) is 6.95. The molecule has 2 aromatic carbocycles. The summed E-state index contributed by atoms with van der Waals surface area (Å²) in [6.45, 7) is 6.99. The molecule has 0 spiro atoms. The minimum absolute atomic E-state index is 0.0815. The first-order valence-electron chi connectivity index (χ1n) is 9.84. The Morgan fingerprint density at radius 1 is 1.17 bits per heavy atom. The molecule has 0 fully saturated rings. The summed E-state index contributed by atoms with van der Waals surface area (Å²) < 4.78 is 12.9. The molecule has 0 saturated heterocycles. The minimum atomic E-state index is -0.235. The molecule has 3 aromatic rings. The van der Waals surface area contributed by atoms with Crippen molar-refractivity contribution in [2.24, 2.45) is 0 Å². The number of ether oxygens (including phenoxy) is 2. The van der Waals surface area contributed by atoms with Crippen LogP contribution in [-0.2, 0) is 16.1 Å². The zero-order valence-corrected chi connectivity index (χ0v) is 19.7. The Balaban J connectivity index is 1.64. The van der Waals surface area contributed by atoms with Gasteiger partial charge in [0.2, 0.25) is 0 Å². The van der Waals surface area contributed by atoms with Crippen molar-refractivity contribution in [3.05, 3.63) is 59.2 Å². The van der Waals surface area contributed by atoms with Crippen LogP contribution < -0.4 is 10.1 Å². The molecule has 0 aliphatic heterocycles. The van der Waals surface area contributed by atoms with E-state index in [2.05, 4.69) is 34.6 Å². The van der Waals surface area contributed by atoms with Gasteiger partial charge < -0.3 is 0 Å². The Morgan fingerprint density at radius 2 is 1.90 bits per heavy atom. The molecule has 30 heavy (non-hydrogen) atoms. The van der Waals surface area contributed by atoms with Gasteiger partial charge in [0, 0.05) is 0 Å². The Bertz CT molecular complexity index is 986. The zero-order chi connectivity index (χ0) is 21.5. The number of nitrogens with zero attached hydrogens (tertiary/aromatic N) is 1. The number of hydrogen-bond acceptors (Lipinski definition) is 5. The van der Waals surface area contributed by atoms with Crippen molar-refractivity contribution in [3.8, 4) is 25.9 Å². The zero-order valence-electron chi connectivity index (χ0n) is 17.3. The van der Waals surface area contributed by atoms with Crippen LogP contribution in [0.2, 0.25) is 5.02 Å². The van der Waals surface area contributed by atoms with Crippen molar-refractivity contribution < 1.29 is 14.3 Å². The molecule has 0 atom stereocenters. The second-order valence-corrected chi connectivity index (χ2v) is 9.52. The molecule has 1 aromatic heterocycles. The fourth-order valence-corrected chi connectivity index (χ4v) is 4.98. The van der Waals surface area contributed by atoms with Gasteiger partial charge in [0.15, 0.2) is 0 Å². The van der Waals surface area contributed by atoms with E-state index in [0.29, 0.717) is 23.9 Å². The molecule has 3 rings (SSSR count). The van der Waals surface area contributed by atoms with Gasteiger partial charge in [0.05, 0.1) is 0 Å². The summed E-state index contributed by atoms with van der Waals surface area (Å²) in [4.78, 5) is 16.0. The molecule has 0 amide bonds. The van der Waals surface area contributed by atoms with Gasteiger partial charge in [-0.1, -0.05) is 0 Å². The SMILES string of the molecule is CCOC(=O)CNCc1ccc(-c2cnc(-c3ccc(OC(C)C)c(Cl)c3)[se]2)cc1. The van der Waals surface area contributed by atoms with Gasteiger partial charge in [0.1, 0.15) is 0 Å². The predicted octanol–water partition coefficient (Wildman–Crippen LogP) is 4.57. The summed E-state index contributed by atoms with van der Waals surface area (Å²) in [5, 5.41) is 3.70. The summed E-state index contributed by atoms with van der Waals surface area (Å²) >= 11 is 6.48. The van der Waals surface area contributed by atoms with Crippen LogP contribution in [0.4, 0.5) is 0 Å². The van der Waals surface area contributed by atoms with Gasteiger partial charge in [-0.3, -0.25) is 0 Å². The van der Waals surface area contributed by atoms with E-state index >= 15 is 0 Å². The van der Waals surface area contributed by atoms with Crippen molar-refractivity contribution in [1.82, 2.24) is 10.3 Å². The predicted molar refractivity (Wildman–Crippen MR) is 121 cm³/mol. The molecule has 158 valence electrons. The first-order valence-corrected chi connectivity index (χ1v) is 11.9. The van der Waals surface area contributed by atoms with Gasteiger partial charge in [-0.2, -0.15) is 0 Å². The first-order chi connectivity index (χ1) is 14.5. The Hall–Kier alpha value is -2.11. The van der Waals surface area contributed by atoms with E-state index in [1.165, 1.54) is 4.44 Å². The standard InChI is InChI=1S/C23H25ClN2O3Se/c1-4-28-22(27)14-25-12-16-5-7-17(8-6-16)21-13-26-23(30-21)18-9-10-20(19(24)11-18)29-15(2)3/h5-11,13,15,25H,4,12,14H2,1-3H3. The Morgan fingerprint density at radius 3 is 2.57 bits per heavy atom. The van der Waals surface area contributed by atoms with Crippen LogP contribution in [0, 0.1) is 0 Å². The molecule has 1 heterocycles. The Labute approximate surface area is 188 Å². The van der Waals surface area contributed by atoms with Crippen LogP contribution in [-0.4, -0.2) is 44.7 Å². The summed E-state index contributed by atoms with van der Waals surface area (Å²) in [7, 11) is 0. The fourth-order valence-electron chi connectivity index (χ4n) is 2.83. The average molecular weight is 492 g/mol. The van der Waals surface area contributed by atoms with Crippen LogP contribution in [0.25, 0.3) is 20.1 Å². The van der Waals surface area contributed by atoms with E-state index in [-0.39, 0.29) is 33.1 Å². The molecule has 7 heteroatoms. The van der Waals surface area contributed by atoms with E-state index < -0.39 is 0 Å². The molecule has 0 aliphatic rings. The van der Waals surface area contributed by atoms with E-state index in [0.717, 1.165) is 21.3 Å². The molecule has 0 radical (unpaired) electrons. The summed E-state index contributed by atoms with van der Waals surface area (Å²) in [6.07, 6.45) is 2.02. The van der Waals surface area contributed by atoms with E-state index in [9.17, 15) is 4.79 Å². The normalized spacial score (nSPS) is 11.0. The van der Waals surface area contributed by atoms with E-state index in [1.807, 2.05) is 38.2 Å². The van der Waals surface area contributed by atoms with Gasteiger partial charge in [-0.05, 0) is 0 Å². The van der Waals surface area contributed by atoms with Crippen molar-refractivity contribution in [2.75, 3.05) is 13.2 Å². The number of carbonyl (C=O) groups is 1. The number of halogens is 1. The van der Waals surface area contributed by atoms with E-state index in [1.54, 1.807) is 6.92 Å². The van der Waals surface area contributed by atoms with Crippen molar-refractivity contribution in [2.45, 2.75) is 33.4 Å². The first kappa shape index (κ1) is 22.6. The molecule has 0 aliphatic carbocycles. The van der Waals surface area contributed by atoms with Crippen LogP contribution in [0.15, 0.2) is 48.7 Å². The van der Waals surface area contributed by atoms with Crippen LogP contribution in [0.5, 0.6) is 5.75 Å². The molecule has 5 nitrogen and oxygen atoms in total. The molecular weight excluding hydrogens is 467 g/mol. The van der Waals surface area contributed by atoms with Crippen molar-refractivity contribution in [3.63, 3.8) is 0 Å². The topological polar surface area (TPSA) is 60.5 Å². The fraction of sp³-hybridized carbons (Fsp3) is 0.304. The number of nitrogens with one attached hydrogen (secondary N) is 1. The number of aromatic nitrogens is 1. The summed E-state index contributed by atoms with van der Waals surface area (Å²) in [5.74, 6) is 0.461. The van der Waals surface area contributed by atoms with E-state index in [4.69, 9.17) is 21.1 Å². The molecule has 0 bridgehead atoms. The quantitative estimate of drug-likeness (QED) is 0.351. The maximum absolute atomic E-state index is 11.4. The monoisotopic (exact) mass is 492 g/mol. The van der Waals surface area contributed by atoms with Gasteiger partial charge >= 0.3 is 188 Å². The van der Waals surface area contributed by atoms with Crippen LogP contribution in [0.3, 0.4) is 0 Å². The number of carbonyl (C=O) groups excluding carboxylic acids is 1. The number of hydrogen-bond donors (Lipinski definition) is 1. The third-order valence-corrected chi connectivity index (χ3v) is 6.78. The van der Waals surface area contributed by atoms with Crippen molar-refractivity contribution >= 4 is 32.1 Å². The van der Waals surface area contributed by atoms with Crippen molar-refractivity contribution in [1.29, 1.82) is 0 Å². The Kier molecular flexibility index (Phi) is 8.11. The third-order valence-electron chi connectivity index (χ3n) is 4.19. The summed E-state index contributed by atoms with van der Waals surface area (Å²) in [6, 6.07) is 14.2. The van der Waals surface area contributed by atoms with Gasteiger partial charge in [0.25, 0.3) is 0 Å². The number of rotatable bonds is 9. The number of esters is 1. The average Bonchev–Trinajstić information content (AvgIpc) is 3.20.